The molecule has 25 heavy (non-hydrogen) atoms. The zero-order valence-corrected chi connectivity index (χ0v) is 14.7. The van der Waals surface area contributed by atoms with Gasteiger partial charge in [-0.3, -0.25) is 4.79 Å². The van der Waals surface area contributed by atoms with Gasteiger partial charge in [0.2, 0.25) is 10.0 Å². The summed E-state index contributed by atoms with van der Waals surface area (Å²) in [7, 11) is -3.59. The summed E-state index contributed by atoms with van der Waals surface area (Å²) >= 11 is 0. The molecule has 0 amide bonds. The topological polar surface area (TPSA) is 90.0 Å². The van der Waals surface area contributed by atoms with Crippen LogP contribution in [0.3, 0.4) is 0 Å². The van der Waals surface area contributed by atoms with Crippen LogP contribution in [0, 0.1) is 0 Å². The van der Waals surface area contributed by atoms with Crippen LogP contribution in [0.25, 0.3) is 0 Å². The number of esters is 1. The van der Waals surface area contributed by atoms with Gasteiger partial charge in [-0.2, -0.15) is 4.31 Å². The molecule has 0 unspecified atom stereocenters. The number of nitrogens with zero attached hydrogens (tertiary/aromatic N) is 1. The van der Waals surface area contributed by atoms with Crippen LogP contribution >= 0.6 is 0 Å². The molecule has 0 aromatic heterocycles. The number of hydrogen-bond acceptors (Lipinski definition) is 6. The number of ketones is 1. The molecule has 2 fully saturated rings. The third-order valence-corrected chi connectivity index (χ3v) is 6.36. The number of sulfonamides is 1. The quantitative estimate of drug-likeness (QED) is 0.747. The Bertz CT molecular complexity index is 737. The summed E-state index contributed by atoms with van der Waals surface area (Å²) in [5.41, 5.74) is 0.235. The molecule has 1 aliphatic heterocycles. The van der Waals surface area contributed by atoms with Crippen LogP contribution in [0.1, 0.15) is 36.0 Å². The molecule has 1 aromatic rings. The van der Waals surface area contributed by atoms with E-state index in [4.69, 9.17) is 9.47 Å². The lowest BCUT2D eigenvalue weighted by Crippen LogP contribution is -2.40. The number of carbonyl (C=O) groups is 2. The molecular formula is C17H21NO6S. The van der Waals surface area contributed by atoms with Gasteiger partial charge in [-0.05, 0) is 43.5 Å². The van der Waals surface area contributed by atoms with E-state index in [0.717, 1.165) is 12.8 Å². The number of Topliss-reactive ketones (excluding diaryl/α,β-unsaturated/α-hetero) is 1. The highest BCUT2D eigenvalue weighted by atomic mass is 32.2. The lowest BCUT2D eigenvalue weighted by atomic mass is 9.96. The second-order valence-corrected chi connectivity index (χ2v) is 8.08. The van der Waals surface area contributed by atoms with E-state index in [1.807, 2.05) is 0 Å². The first kappa shape index (κ1) is 18.0. The van der Waals surface area contributed by atoms with Gasteiger partial charge in [-0.1, -0.05) is 0 Å². The second-order valence-electron chi connectivity index (χ2n) is 6.15. The Morgan fingerprint density at radius 2 is 1.80 bits per heavy atom. The number of morpholine rings is 1. The van der Waals surface area contributed by atoms with Crippen molar-refractivity contribution in [2.24, 2.45) is 0 Å². The maximum Gasteiger partial charge on any atom is 0.338 e. The standard InChI is InChI=1S/C17H21NO6S/c19-15-3-1-2-4-16(15)24-17(20)13-5-7-14(8-6-13)25(21,22)18-9-11-23-12-10-18/h5-8,16H,1-4,9-12H2/t16-/m1/s1. The van der Waals surface area contributed by atoms with Crippen LogP contribution in [-0.2, 0) is 24.3 Å². The molecule has 3 rings (SSSR count). The van der Waals surface area contributed by atoms with E-state index in [2.05, 4.69) is 0 Å². The van der Waals surface area contributed by atoms with Crippen LogP contribution in [0.2, 0.25) is 0 Å². The van der Waals surface area contributed by atoms with E-state index in [1.165, 1.54) is 28.6 Å². The largest absolute Gasteiger partial charge is 0.451 e. The summed E-state index contributed by atoms with van der Waals surface area (Å²) in [4.78, 5) is 24.0. The number of benzene rings is 1. The number of hydrogen-bond donors (Lipinski definition) is 0. The number of rotatable bonds is 4. The summed E-state index contributed by atoms with van der Waals surface area (Å²) < 4.78 is 36.9. The minimum absolute atomic E-state index is 0.0499. The third-order valence-electron chi connectivity index (χ3n) is 4.45. The first-order chi connectivity index (χ1) is 12.0. The molecule has 1 saturated carbocycles. The molecule has 7 nitrogen and oxygen atoms in total. The summed E-state index contributed by atoms with van der Waals surface area (Å²) in [6, 6.07) is 5.63. The fourth-order valence-electron chi connectivity index (χ4n) is 2.97. The zero-order chi connectivity index (χ0) is 17.9. The molecule has 0 radical (unpaired) electrons. The Morgan fingerprint density at radius 3 is 2.44 bits per heavy atom. The molecule has 0 spiro atoms. The minimum atomic E-state index is -3.59. The number of carbonyl (C=O) groups excluding carboxylic acids is 2. The van der Waals surface area contributed by atoms with Crippen molar-refractivity contribution in [2.75, 3.05) is 26.3 Å². The van der Waals surface area contributed by atoms with E-state index >= 15 is 0 Å². The maximum absolute atomic E-state index is 12.5. The first-order valence-corrected chi connectivity index (χ1v) is 9.84. The van der Waals surface area contributed by atoms with Crippen molar-refractivity contribution in [3.8, 4) is 0 Å². The summed E-state index contributed by atoms with van der Waals surface area (Å²) in [6.45, 7) is 1.38. The van der Waals surface area contributed by atoms with Gasteiger partial charge < -0.3 is 9.47 Å². The van der Waals surface area contributed by atoms with E-state index in [0.29, 0.717) is 39.1 Å². The highest BCUT2D eigenvalue weighted by Gasteiger charge is 2.28. The molecule has 2 aliphatic rings. The second kappa shape index (κ2) is 7.63. The van der Waals surface area contributed by atoms with Crippen LogP contribution in [0.5, 0.6) is 0 Å². The average Bonchev–Trinajstić information content (AvgIpc) is 2.64. The highest BCUT2D eigenvalue weighted by Crippen LogP contribution is 2.21. The van der Waals surface area contributed by atoms with E-state index < -0.39 is 22.1 Å². The predicted molar refractivity (Wildman–Crippen MR) is 88.7 cm³/mol. The normalized spacial score (nSPS) is 22.6. The Balaban J connectivity index is 1.69. The van der Waals surface area contributed by atoms with Crippen LogP contribution in [0.15, 0.2) is 29.2 Å². The summed E-state index contributed by atoms with van der Waals surface area (Å²) in [5, 5.41) is 0. The molecule has 1 aromatic carbocycles. The van der Waals surface area contributed by atoms with Crippen molar-refractivity contribution in [3.63, 3.8) is 0 Å². The van der Waals surface area contributed by atoms with E-state index in [9.17, 15) is 18.0 Å². The van der Waals surface area contributed by atoms with Gasteiger partial charge in [0.1, 0.15) is 0 Å². The van der Waals surface area contributed by atoms with Crippen molar-refractivity contribution >= 4 is 21.8 Å². The van der Waals surface area contributed by atoms with Crippen molar-refractivity contribution in [1.29, 1.82) is 0 Å². The SMILES string of the molecule is O=C(O[C@@H]1CCCCC1=O)c1ccc(S(=O)(=O)N2CCOCC2)cc1. The highest BCUT2D eigenvalue weighted by molar-refractivity contribution is 7.89. The fraction of sp³-hybridized carbons (Fsp3) is 0.529. The van der Waals surface area contributed by atoms with Crippen molar-refractivity contribution < 1.29 is 27.5 Å². The number of ether oxygens (including phenoxy) is 2. The predicted octanol–water partition coefficient (Wildman–Crippen LogP) is 1.38. The van der Waals surface area contributed by atoms with E-state index in [1.54, 1.807) is 0 Å². The van der Waals surface area contributed by atoms with Crippen molar-refractivity contribution in [3.05, 3.63) is 29.8 Å². The molecular weight excluding hydrogens is 346 g/mol. The Morgan fingerprint density at radius 1 is 1.12 bits per heavy atom. The Hall–Kier alpha value is -1.77. The summed E-state index contributed by atoms with van der Waals surface area (Å²) in [6.07, 6.45) is 2.00. The molecule has 8 heteroatoms. The maximum atomic E-state index is 12.5. The van der Waals surface area contributed by atoms with E-state index in [-0.39, 0.29) is 16.2 Å². The van der Waals surface area contributed by atoms with Gasteiger partial charge in [-0.25, -0.2) is 13.2 Å². The monoisotopic (exact) mass is 367 g/mol. The molecule has 0 bridgehead atoms. The first-order valence-electron chi connectivity index (χ1n) is 8.40. The van der Waals surface area contributed by atoms with Crippen LogP contribution in [0.4, 0.5) is 0 Å². The van der Waals surface area contributed by atoms with Gasteiger partial charge in [0.15, 0.2) is 11.9 Å². The van der Waals surface area contributed by atoms with Gasteiger partial charge in [-0.15, -0.1) is 0 Å². The average molecular weight is 367 g/mol. The molecule has 1 atom stereocenters. The van der Waals surface area contributed by atoms with Crippen LogP contribution < -0.4 is 0 Å². The molecule has 136 valence electrons. The lowest BCUT2D eigenvalue weighted by molar-refractivity contribution is -0.129. The fourth-order valence-corrected chi connectivity index (χ4v) is 4.38. The van der Waals surface area contributed by atoms with Gasteiger partial charge in [0, 0.05) is 19.5 Å². The molecule has 0 N–H and O–H groups in total. The Kier molecular flexibility index (Phi) is 5.51. The van der Waals surface area contributed by atoms with Crippen LogP contribution in [-0.4, -0.2) is 56.9 Å². The molecule has 1 saturated heterocycles. The minimum Gasteiger partial charge on any atom is -0.451 e. The Labute approximate surface area is 147 Å². The van der Waals surface area contributed by atoms with Crippen molar-refractivity contribution in [2.45, 2.75) is 36.7 Å². The molecule has 1 aliphatic carbocycles. The molecule has 1 heterocycles. The zero-order valence-electron chi connectivity index (χ0n) is 13.8. The summed E-state index contributed by atoms with van der Waals surface area (Å²) in [5.74, 6) is -0.651. The third kappa shape index (κ3) is 4.08. The smallest absolute Gasteiger partial charge is 0.338 e. The van der Waals surface area contributed by atoms with Crippen molar-refractivity contribution in [1.82, 2.24) is 4.31 Å². The van der Waals surface area contributed by atoms with Gasteiger partial charge in [0.25, 0.3) is 0 Å². The van der Waals surface area contributed by atoms with Gasteiger partial charge >= 0.3 is 5.97 Å². The lowest BCUT2D eigenvalue weighted by Gasteiger charge is -2.26. The van der Waals surface area contributed by atoms with Gasteiger partial charge in [0.05, 0.1) is 23.7 Å².